The molecule has 5 rings (SSSR count). The Hall–Kier alpha value is -3.45. The van der Waals surface area contributed by atoms with Crippen LogP contribution in [-0.4, -0.2) is 21.4 Å². The van der Waals surface area contributed by atoms with Crippen LogP contribution in [0.15, 0.2) is 51.8 Å². The van der Waals surface area contributed by atoms with E-state index in [-0.39, 0.29) is 29.2 Å². The number of carbonyl (C=O) groups is 2. The van der Waals surface area contributed by atoms with E-state index in [9.17, 15) is 14.4 Å². The Labute approximate surface area is 207 Å². The predicted molar refractivity (Wildman–Crippen MR) is 136 cm³/mol. The average molecular weight is 492 g/mol. The predicted octanol–water partition coefficient (Wildman–Crippen LogP) is 6.07. The number of nitrogens with one attached hydrogen (secondary N) is 1. The van der Waals surface area contributed by atoms with Crippen molar-refractivity contribution in [3.05, 3.63) is 69.2 Å². The zero-order valence-electron chi connectivity index (χ0n) is 19.6. The third kappa shape index (κ3) is 4.36. The molecule has 1 N–H and O–H groups in total. The SMILES string of the molecule is CC(=O)c1cccc(NC(=O)C[C@@H]2CCC[C@H](n3c(=O)c4c(C)onc4c4c(Cl)cccc43)C2)c1. The number of carbonyl (C=O) groups excluding carboxylic acids is 2. The number of aromatic nitrogens is 2. The molecule has 4 aromatic rings. The van der Waals surface area contributed by atoms with Crippen molar-refractivity contribution in [1.82, 2.24) is 9.72 Å². The molecular formula is C27H26ClN3O4. The summed E-state index contributed by atoms with van der Waals surface area (Å²) in [6, 6.07) is 12.4. The van der Waals surface area contributed by atoms with E-state index in [0.717, 1.165) is 24.8 Å². The smallest absolute Gasteiger partial charge is 0.264 e. The molecule has 0 saturated heterocycles. The van der Waals surface area contributed by atoms with Crippen LogP contribution in [0, 0.1) is 12.8 Å². The maximum absolute atomic E-state index is 13.6. The van der Waals surface area contributed by atoms with Gasteiger partial charge in [0.25, 0.3) is 5.56 Å². The molecule has 1 fully saturated rings. The lowest BCUT2D eigenvalue weighted by atomic mass is 9.83. The normalized spacial score (nSPS) is 18.1. The van der Waals surface area contributed by atoms with Crippen LogP contribution in [-0.2, 0) is 4.79 Å². The monoisotopic (exact) mass is 491 g/mol. The zero-order chi connectivity index (χ0) is 24.7. The molecular weight excluding hydrogens is 466 g/mol. The average Bonchev–Trinajstić information content (AvgIpc) is 3.21. The second kappa shape index (κ2) is 9.30. The van der Waals surface area contributed by atoms with Gasteiger partial charge in [0.1, 0.15) is 16.7 Å². The van der Waals surface area contributed by atoms with E-state index in [4.69, 9.17) is 16.1 Å². The van der Waals surface area contributed by atoms with Crippen molar-refractivity contribution in [1.29, 1.82) is 0 Å². The first-order valence-electron chi connectivity index (χ1n) is 11.8. The van der Waals surface area contributed by atoms with Gasteiger partial charge in [0.2, 0.25) is 5.91 Å². The number of hydrogen-bond donors (Lipinski definition) is 1. The maximum atomic E-state index is 13.6. The number of anilines is 1. The zero-order valence-corrected chi connectivity index (χ0v) is 20.4. The number of amides is 1. The van der Waals surface area contributed by atoms with Crippen molar-refractivity contribution >= 4 is 50.8 Å². The fraction of sp³-hybridized carbons (Fsp3) is 0.333. The van der Waals surface area contributed by atoms with E-state index in [2.05, 4.69) is 10.5 Å². The van der Waals surface area contributed by atoms with Crippen molar-refractivity contribution in [3.8, 4) is 0 Å². The largest absolute Gasteiger partial charge is 0.360 e. The van der Waals surface area contributed by atoms with Gasteiger partial charge in [0.05, 0.1) is 10.5 Å². The van der Waals surface area contributed by atoms with Crippen LogP contribution < -0.4 is 10.9 Å². The second-order valence-electron chi connectivity index (χ2n) is 9.35. The number of hydrogen-bond acceptors (Lipinski definition) is 5. The molecule has 1 amide bonds. The first kappa shape index (κ1) is 23.3. The molecule has 1 aliphatic carbocycles. The van der Waals surface area contributed by atoms with Gasteiger partial charge in [-0.25, -0.2) is 0 Å². The molecule has 2 heterocycles. The van der Waals surface area contributed by atoms with E-state index >= 15 is 0 Å². The molecule has 2 aromatic carbocycles. The third-order valence-electron chi connectivity index (χ3n) is 6.93. The van der Waals surface area contributed by atoms with Gasteiger partial charge in [0.15, 0.2) is 5.78 Å². The number of Topliss-reactive ketones (excluding diaryl/α,β-unsaturated/α-hetero) is 1. The van der Waals surface area contributed by atoms with E-state index in [1.807, 2.05) is 16.7 Å². The third-order valence-corrected chi connectivity index (χ3v) is 7.25. The molecule has 1 aliphatic rings. The quantitative estimate of drug-likeness (QED) is 0.342. The number of aryl methyl sites for hydroxylation is 1. The van der Waals surface area contributed by atoms with Crippen LogP contribution in [0.1, 0.15) is 61.2 Å². The fourth-order valence-electron chi connectivity index (χ4n) is 5.31. The summed E-state index contributed by atoms with van der Waals surface area (Å²) >= 11 is 6.54. The number of pyridine rings is 1. The summed E-state index contributed by atoms with van der Waals surface area (Å²) in [6.45, 7) is 3.24. The highest BCUT2D eigenvalue weighted by molar-refractivity contribution is 6.37. The molecule has 8 heteroatoms. The number of ketones is 1. The molecule has 0 bridgehead atoms. The summed E-state index contributed by atoms with van der Waals surface area (Å²) in [4.78, 5) is 38.1. The highest BCUT2D eigenvalue weighted by atomic mass is 35.5. The topological polar surface area (TPSA) is 94.2 Å². The summed E-state index contributed by atoms with van der Waals surface area (Å²) in [5.74, 6) is 0.459. The Kier molecular flexibility index (Phi) is 6.19. The minimum Gasteiger partial charge on any atom is -0.360 e. The molecule has 0 radical (unpaired) electrons. The summed E-state index contributed by atoms with van der Waals surface area (Å²) < 4.78 is 7.19. The lowest BCUT2D eigenvalue weighted by molar-refractivity contribution is -0.117. The van der Waals surface area contributed by atoms with Gasteiger partial charge in [-0.2, -0.15) is 0 Å². The number of rotatable bonds is 5. The van der Waals surface area contributed by atoms with Crippen molar-refractivity contribution in [2.24, 2.45) is 5.92 Å². The number of halogens is 1. The lowest BCUT2D eigenvalue weighted by Crippen LogP contribution is -2.30. The molecule has 0 spiro atoms. The van der Waals surface area contributed by atoms with Gasteiger partial charge in [-0.1, -0.05) is 41.4 Å². The van der Waals surface area contributed by atoms with E-state index in [0.29, 0.717) is 51.2 Å². The Morgan fingerprint density at radius 2 is 1.97 bits per heavy atom. The molecule has 0 aliphatic heterocycles. The molecule has 180 valence electrons. The first-order valence-corrected chi connectivity index (χ1v) is 12.2. The molecule has 2 aromatic heterocycles. The van der Waals surface area contributed by atoms with Crippen LogP contribution in [0.2, 0.25) is 5.02 Å². The van der Waals surface area contributed by atoms with E-state index in [1.54, 1.807) is 37.3 Å². The number of nitrogens with zero attached hydrogens (tertiary/aromatic N) is 2. The molecule has 2 atom stereocenters. The first-order chi connectivity index (χ1) is 16.8. The van der Waals surface area contributed by atoms with Crippen molar-refractivity contribution < 1.29 is 14.1 Å². The molecule has 7 nitrogen and oxygen atoms in total. The summed E-state index contributed by atoms with van der Waals surface area (Å²) in [7, 11) is 0. The molecule has 35 heavy (non-hydrogen) atoms. The van der Waals surface area contributed by atoms with Gasteiger partial charge >= 0.3 is 0 Å². The molecule has 0 unspecified atom stereocenters. The van der Waals surface area contributed by atoms with Gasteiger partial charge in [0, 0.05) is 29.1 Å². The highest BCUT2D eigenvalue weighted by Crippen LogP contribution is 2.38. The van der Waals surface area contributed by atoms with Gasteiger partial charge in [-0.3, -0.25) is 14.4 Å². The van der Waals surface area contributed by atoms with Gasteiger partial charge < -0.3 is 14.4 Å². The minimum atomic E-state index is -0.135. The van der Waals surface area contributed by atoms with Crippen molar-refractivity contribution in [3.63, 3.8) is 0 Å². The van der Waals surface area contributed by atoms with Crippen LogP contribution in [0.5, 0.6) is 0 Å². The van der Waals surface area contributed by atoms with Gasteiger partial charge in [-0.05, 0) is 63.3 Å². The van der Waals surface area contributed by atoms with E-state index in [1.165, 1.54) is 6.92 Å². The fourth-order valence-corrected chi connectivity index (χ4v) is 5.57. The maximum Gasteiger partial charge on any atom is 0.264 e. The van der Waals surface area contributed by atoms with Crippen LogP contribution in [0.25, 0.3) is 21.8 Å². The van der Waals surface area contributed by atoms with Crippen LogP contribution >= 0.6 is 11.6 Å². The Bertz CT molecular complexity index is 1520. The van der Waals surface area contributed by atoms with Crippen LogP contribution in [0.4, 0.5) is 5.69 Å². The summed E-state index contributed by atoms with van der Waals surface area (Å²) in [6.07, 6.45) is 3.73. The van der Waals surface area contributed by atoms with Crippen molar-refractivity contribution in [2.45, 2.75) is 52.0 Å². The Morgan fingerprint density at radius 3 is 2.77 bits per heavy atom. The van der Waals surface area contributed by atoms with Crippen LogP contribution in [0.3, 0.4) is 0 Å². The standard InChI is InChI=1S/C27H26ClN3O4/c1-15(32)18-7-4-8-19(14-18)29-23(33)13-17-6-3-9-20(12-17)31-22-11-5-10-21(28)25(22)26-24(27(31)34)16(2)35-30-26/h4-5,7-8,10-11,14,17,20H,3,6,9,12-13H2,1-2H3,(H,29,33)/t17-,20+/m1/s1. The summed E-state index contributed by atoms with van der Waals surface area (Å²) in [5.41, 5.74) is 2.26. The second-order valence-corrected chi connectivity index (χ2v) is 9.75. The van der Waals surface area contributed by atoms with Gasteiger partial charge in [-0.15, -0.1) is 0 Å². The number of benzene rings is 2. The van der Waals surface area contributed by atoms with Crippen molar-refractivity contribution in [2.75, 3.05) is 5.32 Å². The lowest BCUT2D eigenvalue weighted by Gasteiger charge is -2.31. The Morgan fingerprint density at radius 1 is 1.17 bits per heavy atom. The number of fused-ring (bicyclic) bond motifs is 3. The highest BCUT2D eigenvalue weighted by Gasteiger charge is 2.29. The summed E-state index contributed by atoms with van der Waals surface area (Å²) in [5, 5.41) is 8.73. The minimum absolute atomic E-state index is 0.0472. The van der Waals surface area contributed by atoms with E-state index < -0.39 is 0 Å². The molecule has 1 saturated carbocycles. The Balaban J connectivity index is 1.42.